The Morgan fingerprint density at radius 1 is 0.902 bits per heavy atom. The van der Waals surface area contributed by atoms with Crippen LogP contribution in [-0.2, 0) is 33.3 Å². The van der Waals surface area contributed by atoms with Crippen molar-refractivity contribution in [3.63, 3.8) is 0 Å². The van der Waals surface area contributed by atoms with Crippen molar-refractivity contribution in [3.05, 3.63) is 83.6 Å². The first-order valence-electron chi connectivity index (χ1n) is 16.6. The van der Waals surface area contributed by atoms with Crippen molar-refractivity contribution in [1.29, 1.82) is 0 Å². The minimum atomic E-state index is -1.57. The molecule has 1 heterocycles. The fourth-order valence-electron chi connectivity index (χ4n) is 5.16. The lowest BCUT2D eigenvalue weighted by Gasteiger charge is -2.42. The molecule has 2 aromatic carbocycles. The van der Waals surface area contributed by atoms with Crippen LogP contribution in [0.15, 0.2) is 77.5 Å². The molecule has 0 aliphatic carbocycles. The fraction of sp³-hybridized carbons (Fsp3) is 0.459. The molecule has 276 valence electrons. The molecule has 0 saturated heterocycles. The summed E-state index contributed by atoms with van der Waals surface area (Å²) < 4.78 is 23.1. The van der Waals surface area contributed by atoms with Crippen LogP contribution in [0.3, 0.4) is 0 Å². The second-order valence-electron chi connectivity index (χ2n) is 14.0. The molecule has 0 saturated carbocycles. The van der Waals surface area contributed by atoms with Gasteiger partial charge < -0.3 is 34.9 Å². The summed E-state index contributed by atoms with van der Waals surface area (Å²) in [5.74, 6) is -3.34. The van der Waals surface area contributed by atoms with Crippen LogP contribution in [0, 0.1) is 0 Å². The Morgan fingerprint density at radius 2 is 1.43 bits per heavy atom. The normalized spacial score (nSPS) is 17.7. The number of hydrogen-bond acceptors (Lipinski definition) is 9. The molecule has 0 unspecified atom stereocenters. The maximum absolute atomic E-state index is 14.1. The van der Waals surface area contributed by atoms with Crippen LogP contribution in [0.5, 0.6) is 0 Å². The molecule has 0 fully saturated rings. The molecule has 51 heavy (non-hydrogen) atoms. The Bertz CT molecular complexity index is 1570. The van der Waals surface area contributed by atoms with E-state index in [1.165, 1.54) is 24.9 Å². The number of hydrogen-bond donors (Lipinski definition) is 2. The van der Waals surface area contributed by atoms with Crippen molar-refractivity contribution >= 4 is 35.9 Å². The quantitative estimate of drug-likeness (QED) is 0.159. The predicted molar refractivity (Wildman–Crippen MR) is 189 cm³/mol. The van der Waals surface area contributed by atoms with Crippen molar-refractivity contribution < 1.29 is 42.9 Å². The molecule has 0 spiro atoms. The van der Waals surface area contributed by atoms with Gasteiger partial charge in [0.15, 0.2) is 12.2 Å². The van der Waals surface area contributed by atoms with E-state index in [-0.39, 0.29) is 0 Å². The van der Waals surface area contributed by atoms with Gasteiger partial charge in [0.2, 0.25) is 17.6 Å². The number of nitrogens with two attached hydrogens (primary N) is 1. The lowest BCUT2D eigenvalue weighted by molar-refractivity contribution is -0.154. The number of amides is 4. The average molecular weight is 708 g/mol. The number of benzene rings is 2. The number of carbonyl (C=O) groups excluding carboxylic acids is 5. The van der Waals surface area contributed by atoms with Gasteiger partial charge in [0, 0.05) is 20.5 Å². The van der Waals surface area contributed by atoms with Crippen LogP contribution < -0.4 is 11.1 Å². The van der Waals surface area contributed by atoms with Gasteiger partial charge in [0.05, 0.1) is 12.1 Å². The third-order valence-corrected chi connectivity index (χ3v) is 7.18. The molecule has 3 atom stereocenters. The fourth-order valence-corrected chi connectivity index (χ4v) is 5.16. The summed E-state index contributed by atoms with van der Waals surface area (Å²) in [6, 6.07) is 15.2. The van der Waals surface area contributed by atoms with Crippen molar-refractivity contribution in [3.8, 4) is 0 Å². The lowest BCUT2D eigenvalue weighted by Crippen LogP contribution is -2.65. The van der Waals surface area contributed by atoms with E-state index in [4.69, 9.17) is 24.7 Å². The number of nitrogens with zero attached hydrogens (tertiary/aromatic N) is 3. The van der Waals surface area contributed by atoms with Crippen LogP contribution in [0.2, 0.25) is 0 Å². The summed E-state index contributed by atoms with van der Waals surface area (Å²) in [6.07, 6.45) is -2.92. The van der Waals surface area contributed by atoms with Crippen LogP contribution >= 0.6 is 0 Å². The third-order valence-electron chi connectivity index (χ3n) is 7.18. The van der Waals surface area contributed by atoms with Crippen molar-refractivity contribution in [2.75, 3.05) is 13.6 Å². The molecule has 2 aromatic rings. The minimum absolute atomic E-state index is 0.307. The Kier molecular flexibility index (Phi) is 13.4. The second-order valence-corrected chi connectivity index (χ2v) is 14.0. The zero-order valence-electron chi connectivity index (χ0n) is 30.7. The van der Waals surface area contributed by atoms with E-state index >= 15 is 0 Å². The van der Waals surface area contributed by atoms with Gasteiger partial charge in [0.25, 0.3) is 5.91 Å². The van der Waals surface area contributed by atoms with Crippen LogP contribution in [0.25, 0.3) is 0 Å². The van der Waals surface area contributed by atoms with E-state index in [1.807, 2.05) is 19.1 Å². The number of nitrogens with one attached hydrogen (secondary N) is 1. The van der Waals surface area contributed by atoms with Gasteiger partial charge >= 0.3 is 18.2 Å². The van der Waals surface area contributed by atoms with Crippen molar-refractivity contribution in [1.82, 2.24) is 15.1 Å². The van der Waals surface area contributed by atoms with Crippen LogP contribution in [-0.4, -0.2) is 88.7 Å². The zero-order chi connectivity index (χ0) is 38.1. The molecular weight excluding hydrogens is 658 g/mol. The topological polar surface area (TPSA) is 179 Å². The largest absolute Gasteiger partial charge is 0.471 e. The van der Waals surface area contributed by atoms with E-state index in [9.17, 15) is 24.0 Å². The minimum Gasteiger partial charge on any atom is -0.471 e. The highest BCUT2D eigenvalue weighted by Gasteiger charge is 2.48. The molecule has 1 aliphatic heterocycles. The molecule has 3 N–H and O–H groups in total. The molecular formula is C37H49N5O9. The molecule has 14 nitrogen and oxygen atoms in total. The van der Waals surface area contributed by atoms with Crippen molar-refractivity contribution in [2.45, 2.75) is 97.3 Å². The monoisotopic (exact) mass is 707 g/mol. The average Bonchev–Trinajstić information content (AvgIpc) is 3.02. The van der Waals surface area contributed by atoms with Crippen molar-refractivity contribution in [2.24, 2.45) is 10.7 Å². The molecule has 4 amide bonds. The number of likely N-dealkylation sites (N-methyl/N-ethyl adjacent to an activating group) is 1. The molecule has 14 heteroatoms. The maximum atomic E-state index is 14.1. The summed E-state index contributed by atoms with van der Waals surface area (Å²) >= 11 is 0. The van der Waals surface area contributed by atoms with Gasteiger partial charge in [-0.15, -0.1) is 4.99 Å². The van der Waals surface area contributed by atoms with Crippen LogP contribution in [0.1, 0.15) is 79.0 Å². The highest BCUT2D eigenvalue weighted by Crippen LogP contribution is 2.31. The number of aliphatic imine (C=N–C) groups is 1. The van der Waals surface area contributed by atoms with Gasteiger partial charge in [-0.25, -0.2) is 19.3 Å². The van der Waals surface area contributed by atoms with E-state index < -0.39 is 77.2 Å². The van der Waals surface area contributed by atoms with Gasteiger partial charge in [-0.05, 0) is 65.2 Å². The standard InChI is InChI=1S/C37H49N5O9/c1-10-21-41(9)31(44)30-28(39-23(2)43)26(42(35(47)51-37(6,7)8)33(38)40-34(46)50-36(3,4)5)22-27(48-30)32(45)49-29(24-17-13-11-14-18-24)25-19-15-12-16-20-25/h11-20,22,26,28-30H,10,21H2,1-9H3,(H,39,43)(H2,38,40,46)/t26-,28+,30+/m0/s1. The van der Waals surface area contributed by atoms with E-state index in [0.717, 1.165) is 4.90 Å². The first kappa shape index (κ1) is 40.0. The predicted octanol–water partition coefficient (Wildman–Crippen LogP) is 4.83. The molecule has 3 rings (SSSR count). The lowest BCUT2D eigenvalue weighted by atomic mass is 9.95. The Hall–Kier alpha value is -5.40. The van der Waals surface area contributed by atoms with E-state index in [2.05, 4.69) is 10.3 Å². The van der Waals surface area contributed by atoms with E-state index in [1.54, 1.807) is 90.1 Å². The van der Waals surface area contributed by atoms with E-state index in [0.29, 0.717) is 24.1 Å². The molecule has 0 bridgehead atoms. The first-order chi connectivity index (χ1) is 23.8. The third kappa shape index (κ3) is 11.6. The smallest absolute Gasteiger partial charge is 0.437 e. The highest BCUT2D eigenvalue weighted by molar-refractivity contribution is 5.99. The second kappa shape index (κ2) is 17.0. The van der Waals surface area contributed by atoms with Gasteiger partial charge in [0.1, 0.15) is 11.2 Å². The summed E-state index contributed by atoms with van der Waals surface area (Å²) in [6.45, 7) is 13.1. The molecule has 0 radical (unpaired) electrons. The maximum Gasteiger partial charge on any atom is 0.437 e. The van der Waals surface area contributed by atoms with Gasteiger partial charge in [-0.2, -0.15) is 0 Å². The summed E-state index contributed by atoms with van der Waals surface area (Å²) in [5, 5.41) is 2.67. The number of esters is 1. The van der Waals surface area contributed by atoms with Gasteiger partial charge in [-0.1, -0.05) is 67.6 Å². The first-order valence-corrected chi connectivity index (χ1v) is 16.6. The summed E-state index contributed by atoms with van der Waals surface area (Å²) in [5.41, 5.74) is 5.62. The summed E-state index contributed by atoms with van der Waals surface area (Å²) in [7, 11) is 1.54. The van der Waals surface area contributed by atoms with Gasteiger partial charge in [-0.3, -0.25) is 9.59 Å². The number of rotatable bonds is 9. The number of ether oxygens (including phenoxy) is 4. The zero-order valence-corrected chi connectivity index (χ0v) is 30.7. The molecule has 0 aromatic heterocycles. The Morgan fingerprint density at radius 3 is 1.90 bits per heavy atom. The number of carbonyl (C=O) groups is 5. The summed E-state index contributed by atoms with van der Waals surface area (Å²) in [4.78, 5) is 73.4. The Balaban J connectivity index is 2.25. The molecule has 1 aliphatic rings. The Labute approximate surface area is 298 Å². The number of guanidine groups is 1. The SMILES string of the molecule is CCCN(C)C(=O)[C@@H]1OC(C(=O)OC(c2ccccc2)c2ccccc2)=C[C@H](N(C(=O)OC(C)(C)C)C(N)=NC(=O)OC(C)(C)C)[C@H]1NC(C)=O. The highest BCUT2D eigenvalue weighted by atomic mass is 16.6. The van der Waals surface area contributed by atoms with Crippen LogP contribution in [0.4, 0.5) is 9.59 Å².